The van der Waals surface area contributed by atoms with Gasteiger partial charge < -0.3 is 5.32 Å². The van der Waals surface area contributed by atoms with Gasteiger partial charge in [-0.05, 0) is 43.0 Å². The predicted molar refractivity (Wildman–Crippen MR) is 131 cm³/mol. The number of hydrogen-bond donors (Lipinski definition) is 1. The van der Waals surface area contributed by atoms with Gasteiger partial charge in [0.25, 0.3) is 0 Å². The average Bonchev–Trinajstić information content (AvgIpc) is 2.73. The van der Waals surface area contributed by atoms with E-state index in [1.165, 1.54) is 15.4 Å². The summed E-state index contributed by atoms with van der Waals surface area (Å²) in [5.41, 5.74) is 3.32. The van der Waals surface area contributed by atoms with E-state index in [0.717, 1.165) is 21.5 Å². The summed E-state index contributed by atoms with van der Waals surface area (Å²) < 4.78 is 27.9. The Labute approximate surface area is 198 Å². The lowest BCUT2D eigenvalue weighted by Gasteiger charge is -2.30. The lowest BCUT2D eigenvalue weighted by molar-refractivity contribution is -0.125. The molecule has 0 aliphatic carbocycles. The fourth-order valence-electron chi connectivity index (χ4n) is 3.71. The SMILES string of the molecule is Cc1cccc(CSCCNC(=O)C2CCN(S(=O)(=O)Cc3cccc(Br)c3)CC2)c1. The molecule has 8 heteroatoms. The highest BCUT2D eigenvalue weighted by Gasteiger charge is 2.31. The predicted octanol–water partition coefficient (Wildman–Crippen LogP) is 4.35. The Kier molecular flexibility index (Phi) is 9.01. The maximum Gasteiger partial charge on any atom is 0.223 e. The van der Waals surface area contributed by atoms with Crippen LogP contribution in [0.4, 0.5) is 0 Å². The molecule has 1 heterocycles. The molecule has 2 aromatic carbocycles. The molecular weight excluding hydrogens is 496 g/mol. The zero-order valence-electron chi connectivity index (χ0n) is 17.7. The summed E-state index contributed by atoms with van der Waals surface area (Å²) in [4.78, 5) is 12.5. The Morgan fingerprint density at radius 2 is 1.84 bits per heavy atom. The zero-order valence-corrected chi connectivity index (χ0v) is 20.9. The van der Waals surface area contributed by atoms with Crippen LogP contribution in [0.25, 0.3) is 0 Å². The average molecular weight is 526 g/mol. The van der Waals surface area contributed by atoms with Gasteiger partial charge in [0.15, 0.2) is 0 Å². The second-order valence-corrected chi connectivity index (χ2v) is 11.9. The molecule has 0 bridgehead atoms. The first-order valence-corrected chi connectivity index (χ1v) is 14.0. The number of benzene rings is 2. The molecule has 3 rings (SSSR count). The van der Waals surface area contributed by atoms with Crippen LogP contribution < -0.4 is 5.32 Å². The van der Waals surface area contributed by atoms with Crippen molar-refractivity contribution >= 4 is 43.6 Å². The highest BCUT2D eigenvalue weighted by Crippen LogP contribution is 2.23. The number of carbonyl (C=O) groups is 1. The van der Waals surface area contributed by atoms with Crippen molar-refractivity contribution in [3.63, 3.8) is 0 Å². The standard InChI is InChI=1S/C23H29BrN2O3S2/c1-18-4-2-5-19(14-18)16-30-13-10-25-23(27)21-8-11-26(12-9-21)31(28,29)17-20-6-3-7-22(24)15-20/h2-7,14-15,21H,8-13,16-17H2,1H3,(H,25,27). The third-order valence-electron chi connectivity index (χ3n) is 5.35. The molecule has 0 spiro atoms. The van der Waals surface area contributed by atoms with Gasteiger partial charge in [-0.2, -0.15) is 11.8 Å². The van der Waals surface area contributed by atoms with E-state index < -0.39 is 10.0 Å². The minimum absolute atomic E-state index is 0.0124. The topological polar surface area (TPSA) is 66.5 Å². The molecule has 0 atom stereocenters. The number of sulfonamides is 1. The third kappa shape index (κ3) is 7.63. The van der Waals surface area contributed by atoms with Gasteiger partial charge in [-0.3, -0.25) is 4.79 Å². The van der Waals surface area contributed by atoms with Crippen LogP contribution >= 0.6 is 27.7 Å². The Morgan fingerprint density at radius 3 is 2.55 bits per heavy atom. The van der Waals surface area contributed by atoms with Gasteiger partial charge in [-0.1, -0.05) is 57.9 Å². The number of nitrogens with one attached hydrogen (secondary N) is 1. The first kappa shape index (κ1) is 24.3. The Balaban J connectivity index is 1.37. The summed E-state index contributed by atoms with van der Waals surface area (Å²) in [6.07, 6.45) is 1.14. The molecule has 1 N–H and O–H groups in total. The minimum Gasteiger partial charge on any atom is -0.355 e. The second kappa shape index (κ2) is 11.5. The summed E-state index contributed by atoms with van der Waals surface area (Å²) in [6.45, 7) is 3.52. The molecule has 0 unspecified atom stereocenters. The molecule has 5 nitrogen and oxygen atoms in total. The molecule has 1 aliphatic heterocycles. The molecular formula is C23H29BrN2O3S2. The Morgan fingerprint density at radius 1 is 1.13 bits per heavy atom. The fraction of sp³-hybridized carbons (Fsp3) is 0.435. The Hall–Kier alpha value is -1.35. The smallest absolute Gasteiger partial charge is 0.223 e. The van der Waals surface area contributed by atoms with E-state index >= 15 is 0 Å². The number of carbonyl (C=O) groups excluding carboxylic acids is 1. The maximum absolute atomic E-state index is 12.7. The van der Waals surface area contributed by atoms with Crippen molar-refractivity contribution in [1.82, 2.24) is 9.62 Å². The van der Waals surface area contributed by atoms with Crippen LogP contribution in [0, 0.1) is 12.8 Å². The largest absolute Gasteiger partial charge is 0.355 e. The van der Waals surface area contributed by atoms with Gasteiger partial charge >= 0.3 is 0 Å². The van der Waals surface area contributed by atoms with E-state index in [9.17, 15) is 13.2 Å². The number of nitrogens with zero attached hydrogens (tertiary/aromatic N) is 1. The number of aryl methyl sites for hydroxylation is 1. The van der Waals surface area contributed by atoms with Crippen molar-refractivity contribution in [3.05, 3.63) is 69.7 Å². The van der Waals surface area contributed by atoms with Gasteiger partial charge in [-0.15, -0.1) is 0 Å². The molecule has 1 amide bonds. The number of amides is 1. The van der Waals surface area contributed by atoms with Gasteiger partial charge in [0.1, 0.15) is 0 Å². The highest BCUT2D eigenvalue weighted by molar-refractivity contribution is 9.10. The van der Waals surface area contributed by atoms with Crippen molar-refractivity contribution in [2.45, 2.75) is 31.3 Å². The summed E-state index contributed by atoms with van der Waals surface area (Å²) >= 11 is 5.18. The lowest BCUT2D eigenvalue weighted by Crippen LogP contribution is -2.43. The van der Waals surface area contributed by atoms with Crippen LogP contribution in [-0.2, 0) is 26.3 Å². The van der Waals surface area contributed by atoms with E-state index in [1.54, 1.807) is 11.8 Å². The van der Waals surface area contributed by atoms with Crippen molar-refractivity contribution in [2.75, 3.05) is 25.4 Å². The first-order valence-electron chi connectivity index (χ1n) is 10.5. The second-order valence-electron chi connectivity index (χ2n) is 7.89. The van der Waals surface area contributed by atoms with Gasteiger partial charge in [-0.25, -0.2) is 12.7 Å². The summed E-state index contributed by atoms with van der Waals surface area (Å²) in [6, 6.07) is 15.8. The number of hydrogen-bond acceptors (Lipinski definition) is 4. The van der Waals surface area contributed by atoms with Crippen molar-refractivity contribution < 1.29 is 13.2 Å². The van der Waals surface area contributed by atoms with Crippen molar-refractivity contribution in [1.29, 1.82) is 0 Å². The van der Waals surface area contributed by atoms with Gasteiger partial charge in [0.2, 0.25) is 15.9 Å². The third-order valence-corrected chi connectivity index (χ3v) is 8.73. The number of piperidine rings is 1. The van der Waals surface area contributed by atoms with Crippen LogP contribution in [-0.4, -0.2) is 44.0 Å². The normalized spacial score (nSPS) is 15.7. The summed E-state index contributed by atoms with van der Waals surface area (Å²) in [5, 5.41) is 3.02. The minimum atomic E-state index is -3.38. The molecule has 1 fully saturated rings. The molecule has 1 aliphatic rings. The Bertz CT molecular complexity index is 990. The van der Waals surface area contributed by atoms with E-state index in [2.05, 4.69) is 52.4 Å². The number of halogens is 1. The van der Waals surface area contributed by atoms with Crippen molar-refractivity contribution in [2.24, 2.45) is 5.92 Å². The van der Waals surface area contributed by atoms with Crippen LogP contribution in [0.3, 0.4) is 0 Å². The first-order chi connectivity index (χ1) is 14.8. The van der Waals surface area contributed by atoms with Crippen LogP contribution in [0.15, 0.2) is 53.0 Å². The molecule has 0 radical (unpaired) electrons. The molecule has 31 heavy (non-hydrogen) atoms. The maximum atomic E-state index is 12.7. The molecule has 168 valence electrons. The van der Waals surface area contributed by atoms with Crippen molar-refractivity contribution in [3.8, 4) is 0 Å². The fourth-order valence-corrected chi connectivity index (χ4v) is 6.51. The zero-order chi connectivity index (χ0) is 22.3. The van der Waals surface area contributed by atoms with Gasteiger partial charge in [0, 0.05) is 41.5 Å². The van der Waals surface area contributed by atoms with E-state index in [-0.39, 0.29) is 17.6 Å². The molecule has 2 aromatic rings. The van der Waals surface area contributed by atoms with E-state index in [4.69, 9.17) is 0 Å². The number of rotatable bonds is 9. The summed E-state index contributed by atoms with van der Waals surface area (Å²) in [5.74, 6) is 1.71. The molecule has 0 aromatic heterocycles. The van der Waals surface area contributed by atoms with E-state index in [0.29, 0.717) is 32.5 Å². The van der Waals surface area contributed by atoms with Crippen LogP contribution in [0.1, 0.15) is 29.5 Å². The van der Waals surface area contributed by atoms with E-state index in [1.807, 2.05) is 24.3 Å². The monoisotopic (exact) mass is 524 g/mol. The van der Waals surface area contributed by atoms with Gasteiger partial charge in [0.05, 0.1) is 5.75 Å². The highest BCUT2D eigenvalue weighted by atomic mass is 79.9. The van der Waals surface area contributed by atoms with Crippen LogP contribution in [0.5, 0.6) is 0 Å². The molecule has 1 saturated heterocycles. The van der Waals surface area contributed by atoms with Crippen LogP contribution in [0.2, 0.25) is 0 Å². The number of thioether (sulfide) groups is 1. The summed E-state index contributed by atoms with van der Waals surface area (Å²) in [7, 11) is -3.38. The quantitative estimate of drug-likeness (QED) is 0.495. The lowest BCUT2D eigenvalue weighted by atomic mass is 9.97. The molecule has 0 saturated carbocycles.